The van der Waals surface area contributed by atoms with Crippen LogP contribution in [0.1, 0.15) is 23.9 Å². The first-order valence-electron chi connectivity index (χ1n) is 7.84. The van der Waals surface area contributed by atoms with E-state index in [-0.39, 0.29) is 17.4 Å². The van der Waals surface area contributed by atoms with Crippen LogP contribution in [0.2, 0.25) is 0 Å². The Hall–Kier alpha value is -2.83. The number of alkyl halides is 3. The molecule has 0 aliphatic carbocycles. The van der Waals surface area contributed by atoms with Crippen LogP contribution in [-0.2, 0) is 6.18 Å². The average Bonchev–Trinajstić information content (AvgIpc) is 2.61. The molecule has 2 aromatic carbocycles. The van der Waals surface area contributed by atoms with Crippen LogP contribution in [0, 0.1) is 0 Å². The summed E-state index contributed by atoms with van der Waals surface area (Å²) in [6, 6.07) is 14.0. The van der Waals surface area contributed by atoms with Gasteiger partial charge in [-0.3, -0.25) is 0 Å². The molecule has 1 aliphatic heterocycles. The maximum absolute atomic E-state index is 13.1. The van der Waals surface area contributed by atoms with Crippen molar-refractivity contribution in [1.29, 1.82) is 0 Å². The largest absolute Gasteiger partial charge is 0.493 e. The van der Waals surface area contributed by atoms with Gasteiger partial charge in [-0.15, -0.1) is 0 Å². The molecular weight excluding hydrogens is 331 g/mol. The molecule has 0 radical (unpaired) electrons. The number of fused-ring (bicyclic) bond motifs is 2. The lowest BCUT2D eigenvalue weighted by Crippen LogP contribution is -2.22. The van der Waals surface area contributed by atoms with Gasteiger partial charge in [0.25, 0.3) is 0 Å². The first-order chi connectivity index (χ1) is 12.0. The van der Waals surface area contributed by atoms with Gasteiger partial charge in [-0.1, -0.05) is 30.3 Å². The minimum absolute atomic E-state index is 0.177. The van der Waals surface area contributed by atoms with Gasteiger partial charge >= 0.3 is 6.18 Å². The fourth-order valence-electron chi connectivity index (χ4n) is 2.97. The Morgan fingerprint density at radius 3 is 2.60 bits per heavy atom. The molecule has 2 heterocycles. The second-order valence-corrected chi connectivity index (χ2v) is 5.78. The van der Waals surface area contributed by atoms with E-state index in [0.717, 1.165) is 11.3 Å². The van der Waals surface area contributed by atoms with Crippen molar-refractivity contribution in [1.82, 2.24) is 9.97 Å². The second kappa shape index (κ2) is 5.91. The summed E-state index contributed by atoms with van der Waals surface area (Å²) < 4.78 is 45.0. The van der Waals surface area contributed by atoms with Gasteiger partial charge in [0.1, 0.15) is 11.6 Å². The molecule has 0 saturated carbocycles. The highest BCUT2D eigenvalue weighted by Crippen LogP contribution is 2.36. The van der Waals surface area contributed by atoms with Crippen molar-refractivity contribution in [2.24, 2.45) is 0 Å². The van der Waals surface area contributed by atoms with E-state index in [1.807, 2.05) is 24.3 Å². The number of nitrogens with one attached hydrogen (secondary N) is 1. The van der Waals surface area contributed by atoms with Gasteiger partial charge in [0, 0.05) is 17.4 Å². The highest BCUT2D eigenvalue weighted by Gasteiger charge is 2.36. The molecule has 7 heteroatoms. The summed E-state index contributed by atoms with van der Waals surface area (Å²) in [4.78, 5) is 7.39. The second-order valence-electron chi connectivity index (χ2n) is 5.78. The lowest BCUT2D eigenvalue weighted by Gasteiger charge is -2.27. The van der Waals surface area contributed by atoms with E-state index in [1.165, 1.54) is 0 Å². The van der Waals surface area contributed by atoms with E-state index in [0.29, 0.717) is 18.4 Å². The van der Waals surface area contributed by atoms with Crippen LogP contribution in [0.4, 0.5) is 19.0 Å². The Labute approximate surface area is 141 Å². The SMILES string of the molecule is FC(F)(F)c1nc(NC2CCOc3ccccc32)c2ccccc2n1. The molecule has 128 valence electrons. The molecule has 1 unspecified atom stereocenters. The van der Waals surface area contributed by atoms with Crippen molar-refractivity contribution in [2.45, 2.75) is 18.6 Å². The Morgan fingerprint density at radius 2 is 1.76 bits per heavy atom. The van der Waals surface area contributed by atoms with Crippen LogP contribution in [0.25, 0.3) is 10.9 Å². The summed E-state index contributed by atoms with van der Waals surface area (Å²) in [5.41, 5.74) is 1.16. The zero-order chi connectivity index (χ0) is 17.4. The number of para-hydroxylation sites is 2. The third-order valence-corrected chi connectivity index (χ3v) is 4.13. The van der Waals surface area contributed by atoms with Gasteiger partial charge in [-0.05, 0) is 18.2 Å². The molecular formula is C18H14F3N3O. The quantitative estimate of drug-likeness (QED) is 0.738. The van der Waals surface area contributed by atoms with Crippen LogP contribution in [-0.4, -0.2) is 16.6 Å². The van der Waals surface area contributed by atoms with Crippen LogP contribution >= 0.6 is 0 Å². The summed E-state index contributed by atoms with van der Waals surface area (Å²) in [5, 5.41) is 3.72. The summed E-state index contributed by atoms with van der Waals surface area (Å²) in [6.45, 7) is 0.490. The molecule has 1 aromatic heterocycles. The van der Waals surface area contributed by atoms with E-state index in [2.05, 4.69) is 15.3 Å². The standard InChI is InChI=1S/C18H14F3N3O/c19-18(20,21)17-23-13-7-3-1-6-12(13)16(24-17)22-14-9-10-25-15-8-4-2-5-11(14)15/h1-8,14H,9-10H2,(H,22,23,24). The molecule has 0 spiro atoms. The molecule has 0 amide bonds. The van der Waals surface area contributed by atoms with E-state index in [9.17, 15) is 13.2 Å². The summed E-state index contributed by atoms with van der Waals surface area (Å²) >= 11 is 0. The van der Waals surface area contributed by atoms with E-state index >= 15 is 0 Å². The molecule has 3 aromatic rings. The summed E-state index contributed by atoms with van der Waals surface area (Å²) in [5.74, 6) is -0.227. The average molecular weight is 345 g/mol. The molecule has 25 heavy (non-hydrogen) atoms. The van der Waals surface area contributed by atoms with Crippen LogP contribution in [0.5, 0.6) is 5.75 Å². The van der Waals surface area contributed by atoms with Gasteiger partial charge in [0.15, 0.2) is 0 Å². The predicted octanol–water partition coefficient (Wildman–Crippen LogP) is 4.58. The molecule has 1 N–H and O–H groups in total. The highest BCUT2D eigenvalue weighted by atomic mass is 19.4. The van der Waals surface area contributed by atoms with Gasteiger partial charge in [0.2, 0.25) is 5.82 Å². The highest BCUT2D eigenvalue weighted by molar-refractivity contribution is 5.89. The predicted molar refractivity (Wildman–Crippen MR) is 87.5 cm³/mol. The molecule has 0 saturated heterocycles. The Balaban J connectivity index is 1.79. The van der Waals surface area contributed by atoms with Crippen LogP contribution < -0.4 is 10.1 Å². The molecule has 0 fully saturated rings. The van der Waals surface area contributed by atoms with Crippen molar-refractivity contribution < 1.29 is 17.9 Å². The number of rotatable bonds is 2. The van der Waals surface area contributed by atoms with Gasteiger partial charge < -0.3 is 10.1 Å². The number of hydrogen-bond donors (Lipinski definition) is 1. The zero-order valence-corrected chi connectivity index (χ0v) is 13.0. The van der Waals surface area contributed by atoms with E-state index < -0.39 is 12.0 Å². The third-order valence-electron chi connectivity index (χ3n) is 4.13. The van der Waals surface area contributed by atoms with Gasteiger partial charge in [-0.25, -0.2) is 9.97 Å². The summed E-state index contributed by atoms with van der Waals surface area (Å²) in [7, 11) is 0. The number of nitrogens with zero attached hydrogens (tertiary/aromatic N) is 2. The number of hydrogen-bond acceptors (Lipinski definition) is 4. The lowest BCUT2D eigenvalue weighted by atomic mass is 10.0. The molecule has 1 atom stereocenters. The molecule has 0 bridgehead atoms. The van der Waals surface area contributed by atoms with E-state index in [1.54, 1.807) is 24.3 Å². The molecule has 4 nitrogen and oxygen atoms in total. The van der Waals surface area contributed by atoms with Crippen molar-refractivity contribution in [2.75, 3.05) is 11.9 Å². The minimum Gasteiger partial charge on any atom is -0.493 e. The Kier molecular flexibility index (Phi) is 3.71. The molecule has 4 rings (SSSR count). The van der Waals surface area contributed by atoms with Gasteiger partial charge in [0.05, 0.1) is 18.2 Å². The monoisotopic (exact) mass is 345 g/mol. The Bertz CT molecular complexity index is 927. The topological polar surface area (TPSA) is 47.0 Å². The maximum Gasteiger partial charge on any atom is 0.451 e. The lowest BCUT2D eigenvalue weighted by molar-refractivity contribution is -0.144. The fourth-order valence-corrected chi connectivity index (χ4v) is 2.97. The normalized spacial score (nSPS) is 17.0. The number of aromatic nitrogens is 2. The van der Waals surface area contributed by atoms with E-state index in [4.69, 9.17) is 4.74 Å². The first-order valence-corrected chi connectivity index (χ1v) is 7.84. The van der Waals surface area contributed by atoms with Crippen LogP contribution in [0.3, 0.4) is 0 Å². The van der Waals surface area contributed by atoms with Gasteiger partial charge in [-0.2, -0.15) is 13.2 Å². The summed E-state index contributed by atoms with van der Waals surface area (Å²) in [6.07, 6.45) is -3.97. The van der Waals surface area contributed by atoms with Crippen LogP contribution in [0.15, 0.2) is 48.5 Å². The number of halogens is 3. The third kappa shape index (κ3) is 2.97. The Morgan fingerprint density at radius 1 is 1.00 bits per heavy atom. The molecule has 1 aliphatic rings. The van der Waals surface area contributed by atoms with Crippen molar-refractivity contribution in [3.05, 3.63) is 59.9 Å². The number of benzene rings is 2. The first kappa shape index (κ1) is 15.7. The zero-order valence-electron chi connectivity index (χ0n) is 13.0. The number of ether oxygens (including phenoxy) is 1. The van der Waals surface area contributed by atoms with Crippen molar-refractivity contribution in [3.8, 4) is 5.75 Å². The minimum atomic E-state index is -4.60. The smallest absolute Gasteiger partial charge is 0.451 e. The fraction of sp³-hybridized carbons (Fsp3) is 0.222. The maximum atomic E-state index is 13.1. The number of anilines is 1. The van der Waals surface area contributed by atoms with Crippen molar-refractivity contribution in [3.63, 3.8) is 0 Å². The van der Waals surface area contributed by atoms with Crippen molar-refractivity contribution >= 4 is 16.7 Å².